The highest BCUT2D eigenvalue weighted by Gasteiger charge is 2.17. The van der Waals surface area contributed by atoms with Crippen LogP contribution in [0.1, 0.15) is 70.6 Å². The Morgan fingerprint density at radius 3 is 1.14 bits per heavy atom. The van der Waals surface area contributed by atoms with E-state index in [1.807, 2.05) is 0 Å². The predicted molar refractivity (Wildman–Crippen MR) is 61.9 cm³/mol. The van der Waals surface area contributed by atoms with Gasteiger partial charge in [0.15, 0.2) is 0 Å². The SMILES string of the molecule is NC1(N)CCCCCCCCCCC1. The van der Waals surface area contributed by atoms with Gasteiger partial charge in [-0.2, -0.15) is 0 Å². The van der Waals surface area contributed by atoms with Crippen LogP contribution < -0.4 is 11.5 Å². The topological polar surface area (TPSA) is 52.0 Å². The summed E-state index contributed by atoms with van der Waals surface area (Å²) in [6, 6.07) is 0. The Kier molecular flexibility index (Phi) is 5.49. The van der Waals surface area contributed by atoms with Crippen molar-refractivity contribution < 1.29 is 0 Å². The van der Waals surface area contributed by atoms with Crippen LogP contribution in [0.15, 0.2) is 0 Å². The fourth-order valence-electron chi connectivity index (χ4n) is 2.27. The number of rotatable bonds is 0. The van der Waals surface area contributed by atoms with E-state index >= 15 is 0 Å². The van der Waals surface area contributed by atoms with Gasteiger partial charge in [-0.1, -0.05) is 57.8 Å². The second kappa shape index (κ2) is 6.41. The van der Waals surface area contributed by atoms with Crippen molar-refractivity contribution in [3.63, 3.8) is 0 Å². The van der Waals surface area contributed by atoms with E-state index < -0.39 is 0 Å². The van der Waals surface area contributed by atoms with Crippen molar-refractivity contribution >= 4 is 0 Å². The molecule has 0 radical (unpaired) electrons. The molecule has 0 amide bonds. The van der Waals surface area contributed by atoms with Gasteiger partial charge < -0.3 is 11.5 Å². The van der Waals surface area contributed by atoms with E-state index in [-0.39, 0.29) is 5.66 Å². The van der Waals surface area contributed by atoms with Crippen LogP contribution in [0.3, 0.4) is 0 Å². The summed E-state index contributed by atoms with van der Waals surface area (Å²) in [5.41, 5.74) is 11.7. The van der Waals surface area contributed by atoms with Gasteiger partial charge in [0.05, 0.1) is 5.66 Å². The maximum absolute atomic E-state index is 6.04. The van der Waals surface area contributed by atoms with Crippen LogP contribution in [-0.2, 0) is 0 Å². The van der Waals surface area contributed by atoms with Crippen molar-refractivity contribution in [2.45, 2.75) is 76.3 Å². The van der Waals surface area contributed by atoms with Gasteiger partial charge in [0, 0.05) is 0 Å². The lowest BCUT2D eigenvalue weighted by atomic mass is 9.94. The maximum Gasteiger partial charge on any atom is 0.0636 e. The van der Waals surface area contributed by atoms with Gasteiger partial charge >= 0.3 is 0 Å². The number of hydrogen-bond donors (Lipinski definition) is 2. The molecule has 1 rings (SSSR count). The Hall–Kier alpha value is -0.0800. The summed E-state index contributed by atoms with van der Waals surface area (Å²) in [6.45, 7) is 0. The van der Waals surface area contributed by atoms with Gasteiger partial charge in [0.2, 0.25) is 0 Å². The van der Waals surface area contributed by atoms with Crippen LogP contribution in [0, 0.1) is 0 Å². The first-order valence-corrected chi connectivity index (χ1v) is 6.28. The smallest absolute Gasteiger partial charge is 0.0636 e. The van der Waals surface area contributed by atoms with E-state index in [2.05, 4.69) is 0 Å². The molecule has 4 N–H and O–H groups in total. The summed E-state index contributed by atoms with van der Waals surface area (Å²) in [4.78, 5) is 0. The number of hydrogen-bond acceptors (Lipinski definition) is 2. The lowest BCUT2D eigenvalue weighted by Gasteiger charge is -2.25. The van der Waals surface area contributed by atoms with Crippen LogP contribution in [0.2, 0.25) is 0 Å². The fourth-order valence-corrected chi connectivity index (χ4v) is 2.27. The van der Waals surface area contributed by atoms with E-state index in [4.69, 9.17) is 11.5 Å². The molecule has 1 saturated carbocycles. The first-order valence-electron chi connectivity index (χ1n) is 6.28. The zero-order valence-electron chi connectivity index (χ0n) is 9.43. The molecule has 0 unspecified atom stereocenters. The highest BCUT2D eigenvalue weighted by molar-refractivity contribution is 4.76. The molecule has 0 spiro atoms. The minimum atomic E-state index is -0.376. The summed E-state index contributed by atoms with van der Waals surface area (Å²) in [5.74, 6) is 0. The highest BCUT2D eigenvalue weighted by Crippen LogP contribution is 2.19. The van der Waals surface area contributed by atoms with E-state index in [9.17, 15) is 0 Å². The molecule has 2 heteroatoms. The van der Waals surface area contributed by atoms with E-state index in [0.29, 0.717) is 0 Å². The summed E-state index contributed by atoms with van der Waals surface area (Å²) in [7, 11) is 0. The second-order valence-electron chi connectivity index (χ2n) is 4.92. The van der Waals surface area contributed by atoms with Crippen LogP contribution in [-0.4, -0.2) is 5.66 Å². The number of nitrogens with two attached hydrogens (primary N) is 2. The molecule has 0 aromatic carbocycles. The van der Waals surface area contributed by atoms with E-state index in [1.54, 1.807) is 0 Å². The molecule has 14 heavy (non-hydrogen) atoms. The Morgan fingerprint density at radius 2 is 0.786 bits per heavy atom. The lowest BCUT2D eigenvalue weighted by Crippen LogP contribution is -2.49. The standard InChI is InChI=1S/C12H26N2/c13-12(14)10-8-6-4-2-1-3-5-7-9-11-12/h1-11,13-14H2. The molecule has 84 valence electrons. The van der Waals surface area contributed by atoms with Gasteiger partial charge in [-0.25, -0.2) is 0 Å². The molecule has 0 aromatic rings. The minimum Gasteiger partial charge on any atom is -0.313 e. The molecular formula is C12H26N2. The molecule has 2 nitrogen and oxygen atoms in total. The molecule has 0 saturated heterocycles. The van der Waals surface area contributed by atoms with Crippen molar-refractivity contribution in [2.24, 2.45) is 11.5 Å². The second-order valence-corrected chi connectivity index (χ2v) is 4.92. The van der Waals surface area contributed by atoms with Gasteiger partial charge in [-0.15, -0.1) is 0 Å². The van der Waals surface area contributed by atoms with Crippen LogP contribution >= 0.6 is 0 Å². The molecule has 1 aliphatic rings. The Morgan fingerprint density at radius 1 is 0.500 bits per heavy atom. The molecule has 0 atom stereocenters. The van der Waals surface area contributed by atoms with Crippen molar-refractivity contribution in [1.82, 2.24) is 0 Å². The third-order valence-electron chi connectivity index (χ3n) is 3.28. The Balaban J connectivity index is 2.24. The molecule has 1 aliphatic carbocycles. The highest BCUT2D eigenvalue weighted by atomic mass is 14.9. The fraction of sp³-hybridized carbons (Fsp3) is 1.00. The zero-order valence-corrected chi connectivity index (χ0v) is 9.43. The van der Waals surface area contributed by atoms with Crippen molar-refractivity contribution in [3.8, 4) is 0 Å². The van der Waals surface area contributed by atoms with E-state index in [1.165, 1.54) is 57.8 Å². The summed E-state index contributed by atoms with van der Waals surface area (Å²) in [5, 5.41) is 0. The summed E-state index contributed by atoms with van der Waals surface area (Å²) in [6.07, 6.45) is 14.1. The largest absolute Gasteiger partial charge is 0.313 e. The van der Waals surface area contributed by atoms with Gasteiger partial charge in [0.1, 0.15) is 0 Å². The summed E-state index contributed by atoms with van der Waals surface area (Å²) >= 11 is 0. The van der Waals surface area contributed by atoms with Gasteiger partial charge in [0.25, 0.3) is 0 Å². The average Bonchev–Trinajstić information content (AvgIpc) is 2.11. The maximum atomic E-state index is 6.04. The Labute approximate surface area is 88.4 Å². The normalized spacial score (nSPS) is 26.1. The van der Waals surface area contributed by atoms with Crippen LogP contribution in [0.4, 0.5) is 0 Å². The molecular weight excluding hydrogens is 172 g/mol. The summed E-state index contributed by atoms with van der Waals surface area (Å²) < 4.78 is 0. The first kappa shape index (κ1) is 12.0. The van der Waals surface area contributed by atoms with Crippen molar-refractivity contribution in [2.75, 3.05) is 0 Å². The lowest BCUT2D eigenvalue weighted by molar-refractivity contribution is 0.341. The molecule has 0 aliphatic heterocycles. The predicted octanol–water partition coefficient (Wildman–Crippen LogP) is 2.90. The molecule has 1 fully saturated rings. The third-order valence-corrected chi connectivity index (χ3v) is 3.28. The van der Waals surface area contributed by atoms with E-state index in [0.717, 1.165) is 12.8 Å². The van der Waals surface area contributed by atoms with Crippen molar-refractivity contribution in [1.29, 1.82) is 0 Å². The van der Waals surface area contributed by atoms with Crippen LogP contribution in [0.25, 0.3) is 0 Å². The molecule has 0 bridgehead atoms. The van der Waals surface area contributed by atoms with Crippen LogP contribution in [0.5, 0.6) is 0 Å². The molecule has 0 aromatic heterocycles. The first-order chi connectivity index (χ1) is 6.71. The van der Waals surface area contributed by atoms with Gasteiger partial charge in [-0.05, 0) is 12.8 Å². The zero-order chi connectivity index (χ0) is 10.3. The average molecular weight is 198 g/mol. The minimum absolute atomic E-state index is 0.376. The quantitative estimate of drug-likeness (QED) is 0.588. The Bertz CT molecular complexity index is 129. The monoisotopic (exact) mass is 198 g/mol. The molecule has 0 heterocycles. The third kappa shape index (κ3) is 5.61. The van der Waals surface area contributed by atoms with Crippen molar-refractivity contribution in [3.05, 3.63) is 0 Å². The van der Waals surface area contributed by atoms with Gasteiger partial charge in [-0.3, -0.25) is 0 Å².